The molecule has 0 spiro atoms. The van der Waals surface area contributed by atoms with Gasteiger partial charge in [-0.3, -0.25) is 4.79 Å². The van der Waals surface area contributed by atoms with E-state index in [1.807, 2.05) is 0 Å². The molecule has 1 N–H and O–H groups in total. The second-order valence-electron chi connectivity index (χ2n) is 5.59. The minimum atomic E-state index is -0.574. The molecule has 1 saturated carbocycles. The molecule has 1 amide bonds. The van der Waals surface area contributed by atoms with Crippen molar-refractivity contribution in [3.05, 3.63) is 30.1 Å². The topological polar surface area (TPSA) is 38.3 Å². The molecule has 110 valence electrons. The molecule has 20 heavy (non-hydrogen) atoms. The first-order chi connectivity index (χ1) is 9.56. The van der Waals surface area contributed by atoms with Crippen LogP contribution in [0.1, 0.15) is 39.5 Å². The number of carbonyl (C=O) groups excluding carboxylic acids is 1. The van der Waals surface area contributed by atoms with Crippen LogP contribution in [-0.4, -0.2) is 18.1 Å². The Morgan fingerprint density at radius 1 is 1.30 bits per heavy atom. The Hall–Kier alpha value is -1.58. The van der Waals surface area contributed by atoms with E-state index >= 15 is 0 Å². The monoisotopic (exact) mass is 279 g/mol. The minimum absolute atomic E-state index is 0.104. The van der Waals surface area contributed by atoms with Crippen LogP contribution in [0.25, 0.3) is 0 Å². The van der Waals surface area contributed by atoms with Crippen LogP contribution in [0.5, 0.6) is 5.75 Å². The predicted molar refractivity (Wildman–Crippen MR) is 76.1 cm³/mol. The van der Waals surface area contributed by atoms with Crippen molar-refractivity contribution in [1.82, 2.24) is 5.32 Å². The molecule has 1 fully saturated rings. The van der Waals surface area contributed by atoms with Gasteiger partial charge in [0.05, 0.1) is 0 Å². The Kier molecular flexibility index (Phi) is 4.99. The maximum atomic E-state index is 12.8. The summed E-state index contributed by atoms with van der Waals surface area (Å²) in [5.41, 5.74) is 0. The van der Waals surface area contributed by atoms with E-state index in [9.17, 15) is 9.18 Å². The van der Waals surface area contributed by atoms with Gasteiger partial charge in [-0.25, -0.2) is 4.39 Å². The third kappa shape index (κ3) is 3.95. The SMILES string of the molecule is C[C@H](Oc1ccc(F)cc1)C(=O)N[C@H]1CCCC[C@@H]1C. The number of hydrogen-bond acceptors (Lipinski definition) is 2. The van der Waals surface area contributed by atoms with Gasteiger partial charge in [-0.15, -0.1) is 0 Å². The number of rotatable bonds is 4. The maximum Gasteiger partial charge on any atom is 0.261 e. The Balaban J connectivity index is 1.86. The van der Waals surface area contributed by atoms with Crippen LogP contribution < -0.4 is 10.1 Å². The van der Waals surface area contributed by atoms with Gasteiger partial charge in [-0.05, 0) is 49.9 Å². The smallest absolute Gasteiger partial charge is 0.261 e. The third-order valence-corrected chi connectivity index (χ3v) is 3.93. The summed E-state index contributed by atoms with van der Waals surface area (Å²) in [5, 5.41) is 3.06. The molecule has 1 aromatic rings. The maximum absolute atomic E-state index is 12.8. The summed E-state index contributed by atoms with van der Waals surface area (Å²) in [4.78, 5) is 12.1. The lowest BCUT2D eigenvalue weighted by Gasteiger charge is -2.30. The van der Waals surface area contributed by atoms with Crippen LogP contribution in [0, 0.1) is 11.7 Å². The molecule has 3 atom stereocenters. The molecule has 1 aliphatic carbocycles. The number of amides is 1. The zero-order valence-electron chi connectivity index (χ0n) is 12.1. The first-order valence-corrected chi connectivity index (χ1v) is 7.29. The molecule has 1 aromatic carbocycles. The van der Waals surface area contributed by atoms with Gasteiger partial charge >= 0.3 is 0 Å². The third-order valence-electron chi connectivity index (χ3n) is 3.93. The first-order valence-electron chi connectivity index (χ1n) is 7.29. The highest BCUT2D eigenvalue weighted by Crippen LogP contribution is 2.24. The second kappa shape index (κ2) is 6.73. The quantitative estimate of drug-likeness (QED) is 0.918. The summed E-state index contributed by atoms with van der Waals surface area (Å²) in [6.45, 7) is 3.89. The van der Waals surface area contributed by atoms with Crippen LogP contribution in [0.4, 0.5) is 4.39 Å². The van der Waals surface area contributed by atoms with E-state index in [0.29, 0.717) is 11.7 Å². The fourth-order valence-corrected chi connectivity index (χ4v) is 2.60. The number of ether oxygens (including phenoxy) is 1. The van der Waals surface area contributed by atoms with Crippen molar-refractivity contribution in [2.45, 2.75) is 51.7 Å². The molecule has 0 radical (unpaired) electrons. The molecule has 0 saturated heterocycles. The van der Waals surface area contributed by atoms with E-state index < -0.39 is 6.10 Å². The van der Waals surface area contributed by atoms with Crippen molar-refractivity contribution in [3.8, 4) is 5.75 Å². The van der Waals surface area contributed by atoms with E-state index in [2.05, 4.69) is 12.2 Å². The lowest BCUT2D eigenvalue weighted by atomic mass is 9.86. The molecule has 0 heterocycles. The Labute approximate surface area is 119 Å². The predicted octanol–water partition coefficient (Wildman–Crippen LogP) is 3.29. The second-order valence-corrected chi connectivity index (χ2v) is 5.59. The van der Waals surface area contributed by atoms with Crippen LogP contribution in [0.3, 0.4) is 0 Å². The zero-order valence-corrected chi connectivity index (χ0v) is 12.1. The van der Waals surface area contributed by atoms with Gasteiger partial charge in [0.25, 0.3) is 5.91 Å². The van der Waals surface area contributed by atoms with Crippen molar-refractivity contribution in [1.29, 1.82) is 0 Å². The van der Waals surface area contributed by atoms with Crippen molar-refractivity contribution in [3.63, 3.8) is 0 Å². The largest absolute Gasteiger partial charge is 0.481 e. The van der Waals surface area contributed by atoms with Crippen molar-refractivity contribution in [2.24, 2.45) is 5.92 Å². The van der Waals surface area contributed by atoms with Gasteiger partial charge in [0, 0.05) is 6.04 Å². The van der Waals surface area contributed by atoms with E-state index in [0.717, 1.165) is 12.8 Å². The normalized spacial score (nSPS) is 23.9. The first kappa shape index (κ1) is 14.8. The lowest BCUT2D eigenvalue weighted by Crippen LogP contribution is -2.46. The Bertz CT molecular complexity index is 446. The summed E-state index contributed by atoms with van der Waals surface area (Å²) in [5.74, 6) is 0.607. The van der Waals surface area contributed by atoms with Crippen molar-refractivity contribution >= 4 is 5.91 Å². The van der Waals surface area contributed by atoms with Gasteiger partial charge in [-0.1, -0.05) is 19.8 Å². The minimum Gasteiger partial charge on any atom is -0.481 e. The van der Waals surface area contributed by atoms with Gasteiger partial charge in [-0.2, -0.15) is 0 Å². The Morgan fingerprint density at radius 3 is 2.60 bits per heavy atom. The number of benzene rings is 1. The van der Waals surface area contributed by atoms with E-state index in [-0.39, 0.29) is 17.8 Å². The lowest BCUT2D eigenvalue weighted by molar-refractivity contribution is -0.128. The molecule has 3 nitrogen and oxygen atoms in total. The number of nitrogens with one attached hydrogen (secondary N) is 1. The fourth-order valence-electron chi connectivity index (χ4n) is 2.60. The van der Waals surface area contributed by atoms with Gasteiger partial charge < -0.3 is 10.1 Å². The highest BCUT2D eigenvalue weighted by atomic mass is 19.1. The number of hydrogen-bond donors (Lipinski definition) is 1. The fraction of sp³-hybridized carbons (Fsp3) is 0.562. The van der Waals surface area contributed by atoms with E-state index in [4.69, 9.17) is 4.74 Å². The van der Waals surface area contributed by atoms with Gasteiger partial charge in [0.2, 0.25) is 0 Å². The van der Waals surface area contributed by atoms with Crippen LogP contribution >= 0.6 is 0 Å². The molecule has 4 heteroatoms. The van der Waals surface area contributed by atoms with Crippen LogP contribution in [0.2, 0.25) is 0 Å². The molecule has 2 rings (SSSR count). The molecular formula is C16H22FNO2. The molecule has 0 unspecified atom stereocenters. The summed E-state index contributed by atoms with van der Waals surface area (Å²) >= 11 is 0. The summed E-state index contributed by atoms with van der Waals surface area (Å²) < 4.78 is 18.3. The van der Waals surface area contributed by atoms with Crippen molar-refractivity contribution in [2.75, 3.05) is 0 Å². The highest BCUT2D eigenvalue weighted by molar-refractivity contribution is 5.81. The standard InChI is InChI=1S/C16H22FNO2/c1-11-5-3-4-6-15(11)18-16(19)12(2)20-14-9-7-13(17)8-10-14/h7-12,15H,3-6H2,1-2H3,(H,18,19)/t11-,12-,15-/m0/s1. The number of halogens is 1. The average molecular weight is 279 g/mol. The summed E-state index contributed by atoms with van der Waals surface area (Å²) in [6, 6.07) is 5.95. The van der Waals surface area contributed by atoms with Crippen LogP contribution in [-0.2, 0) is 4.79 Å². The van der Waals surface area contributed by atoms with E-state index in [1.165, 1.54) is 37.1 Å². The molecule has 1 aliphatic rings. The summed E-state index contributed by atoms with van der Waals surface area (Å²) in [7, 11) is 0. The molecule has 0 aliphatic heterocycles. The van der Waals surface area contributed by atoms with Gasteiger partial charge in [0.1, 0.15) is 11.6 Å². The van der Waals surface area contributed by atoms with E-state index in [1.54, 1.807) is 6.92 Å². The molecular weight excluding hydrogens is 257 g/mol. The van der Waals surface area contributed by atoms with Crippen LogP contribution in [0.15, 0.2) is 24.3 Å². The number of carbonyl (C=O) groups is 1. The summed E-state index contributed by atoms with van der Waals surface area (Å²) in [6.07, 6.45) is 4.04. The molecule has 0 bridgehead atoms. The van der Waals surface area contributed by atoms with Gasteiger partial charge in [0.15, 0.2) is 6.10 Å². The zero-order chi connectivity index (χ0) is 14.5. The molecule has 0 aromatic heterocycles. The highest BCUT2D eigenvalue weighted by Gasteiger charge is 2.25. The average Bonchev–Trinajstić information content (AvgIpc) is 2.44. The Morgan fingerprint density at radius 2 is 1.95 bits per heavy atom. The van der Waals surface area contributed by atoms with Crippen molar-refractivity contribution < 1.29 is 13.9 Å².